The van der Waals surface area contributed by atoms with Crippen LogP contribution in [-0.2, 0) is 6.42 Å². The van der Waals surface area contributed by atoms with Crippen molar-refractivity contribution in [3.05, 3.63) is 36.2 Å². The molecule has 4 nitrogen and oxygen atoms in total. The minimum atomic E-state index is 0.539. The van der Waals surface area contributed by atoms with Gasteiger partial charge in [0.25, 0.3) is 0 Å². The van der Waals surface area contributed by atoms with Gasteiger partial charge in [0, 0.05) is 17.5 Å². The topological polar surface area (TPSA) is 61.3 Å². The van der Waals surface area contributed by atoms with Crippen molar-refractivity contribution in [2.24, 2.45) is 5.73 Å². The molecule has 0 bridgehead atoms. The summed E-state index contributed by atoms with van der Waals surface area (Å²) in [6.45, 7) is 0.539. The van der Waals surface area contributed by atoms with E-state index in [0.29, 0.717) is 13.0 Å². The van der Waals surface area contributed by atoms with Crippen molar-refractivity contribution >= 4 is 0 Å². The molecule has 0 aliphatic carbocycles. The Kier molecular flexibility index (Phi) is 3.22. The molecule has 2 aromatic rings. The van der Waals surface area contributed by atoms with E-state index < -0.39 is 0 Å². The van der Waals surface area contributed by atoms with Gasteiger partial charge in [-0.25, -0.2) is 0 Å². The Balaban J connectivity index is 2.45. The van der Waals surface area contributed by atoms with Crippen LogP contribution in [0.2, 0.25) is 0 Å². The SMILES string of the molecule is COc1ccccc1-c1cnoc1CCN. The molecule has 84 valence electrons. The van der Waals surface area contributed by atoms with Gasteiger partial charge in [-0.15, -0.1) is 0 Å². The van der Waals surface area contributed by atoms with Gasteiger partial charge < -0.3 is 15.0 Å². The summed E-state index contributed by atoms with van der Waals surface area (Å²) in [4.78, 5) is 0. The summed E-state index contributed by atoms with van der Waals surface area (Å²) in [5.41, 5.74) is 7.45. The molecule has 1 heterocycles. The molecule has 16 heavy (non-hydrogen) atoms. The molecule has 0 saturated heterocycles. The minimum Gasteiger partial charge on any atom is -0.496 e. The largest absolute Gasteiger partial charge is 0.496 e. The molecule has 0 fully saturated rings. The van der Waals surface area contributed by atoms with Crippen molar-refractivity contribution in [1.82, 2.24) is 5.16 Å². The smallest absolute Gasteiger partial charge is 0.145 e. The van der Waals surface area contributed by atoms with Gasteiger partial charge in [0.1, 0.15) is 11.5 Å². The van der Waals surface area contributed by atoms with Gasteiger partial charge in [0.15, 0.2) is 0 Å². The highest BCUT2D eigenvalue weighted by Crippen LogP contribution is 2.31. The summed E-state index contributed by atoms with van der Waals surface area (Å²) in [5.74, 6) is 1.61. The van der Waals surface area contributed by atoms with E-state index in [-0.39, 0.29) is 0 Å². The summed E-state index contributed by atoms with van der Waals surface area (Å²) >= 11 is 0. The van der Waals surface area contributed by atoms with E-state index in [1.165, 1.54) is 0 Å². The standard InChI is InChI=1S/C12H14N2O2/c1-15-11-5-3-2-4-9(11)10-8-14-16-12(10)6-7-13/h2-5,8H,6-7,13H2,1H3. The van der Waals surface area contributed by atoms with Crippen LogP contribution in [0.25, 0.3) is 11.1 Å². The monoisotopic (exact) mass is 218 g/mol. The maximum Gasteiger partial charge on any atom is 0.145 e. The van der Waals surface area contributed by atoms with Crippen LogP contribution in [-0.4, -0.2) is 18.8 Å². The van der Waals surface area contributed by atoms with Crippen molar-refractivity contribution in [3.8, 4) is 16.9 Å². The number of hydrogen-bond donors (Lipinski definition) is 1. The van der Waals surface area contributed by atoms with E-state index in [0.717, 1.165) is 22.6 Å². The molecule has 4 heteroatoms. The Hall–Kier alpha value is -1.81. The lowest BCUT2D eigenvalue weighted by Gasteiger charge is -2.06. The summed E-state index contributed by atoms with van der Waals surface area (Å²) in [7, 11) is 1.65. The lowest BCUT2D eigenvalue weighted by atomic mass is 10.0. The molecule has 0 spiro atoms. The fourth-order valence-corrected chi connectivity index (χ4v) is 1.66. The molecule has 2 rings (SSSR count). The lowest BCUT2D eigenvalue weighted by Crippen LogP contribution is -2.02. The average molecular weight is 218 g/mol. The van der Waals surface area contributed by atoms with Gasteiger partial charge in [-0.05, 0) is 12.6 Å². The Bertz CT molecular complexity index is 466. The van der Waals surface area contributed by atoms with Crippen LogP contribution in [0, 0.1) is 0 Å². The zero-order valence-electron chi connectivity index (χ0n) is 9.14. The van der Waals surface area contributed by atoms with Crippen LogP contribution >= 0.6 is 0 Å². The number of nitrogens with two attached hydrogens (primary N) is 1. The fourth-order valence-electron chi connectivity index (χ4n) is 1.66. The summed E-state index contributed by atoms with van der Waals surface area (Å²) in [5, 5.41) is 3.81. The molecule has 0 unspecified atom stereocenters. The number of benzene rings is 1. The molecule has 2 N–H and O–H groups in total. The molecule has 0 amide bonds. The normalized spacial score (nSPS) is 10.4. The maximum atomic E-state index is 5.52. The lowest BCUT2D eigenvalue weighted by molar-refractivity contribution is 0.384. The van der Waals surface area contributed by atoms with E-state index in [1.807, 2.05) is 24.3 Å². The minimum absolute atomic E-state index is 0.539. The molecule has 1 aromatic carbocycles. The zero-order valence-corrected chi connectivity index (χ0v) is 9.14. The Morgan fingerprint density at radius 1 is 1.31 bits per heavy atom. The van der Waals surface area contributed by atoms with Crippen molar-refractivity contribution in [2.75, 3.05) is 13.7 Å². The number of methoxy groups -OCH3 is 1. The van der Waals surface area contributed by atoms with E-state index in [9.17, 15) is 0 Å². The van der Waals surface area contributed by atoms with Gasteiger partial charge in [-0.1, -0.05) is 23.4 Å². The number of para-hydroxylation sites is 1. The van der Waals surface area contributed by atoms with Gasteiger partial charge in [-0.2, -0.15) is 0 Å². The fraction of sp³-hybridized carbons (Fsp3) is 0.250. The first kappa shape index (κ1) is 10.7. The van der Waals surface area contributed by atoms with Crippen molar-refractivity contribution in [1.29, 1.82) is 0 Å². The third-order valence-corrected chi connectivity index (χ3v) is 2.41. The third-order valence-electron chi connectivity index (χ3n) is 2.41. The van der Waals surface area contributed by atoms with Gasteiger partial charge >= 0.3 is 0 Å². The molecule has 0 radical (unpaired) electrons. The molecular weight excluding hydrogens is 204 g/mol. The number of rotatable bonds is 4. The molecule has 0 saturated carbocycles. The molecule has 0 aliphatic rings. The quantitative estimate of drug-likeness (QED) is 0.850. The van der Waals surface area contributed by atoms with Crippen LogP contribution in [0.1, 0.15) is 5.76 Å². The highest BCUT2D eigenvalue weighted by Gasteiger charge is 2.13. The second-order valence-electron chi connectivity index (χ2n) is 3.40. The van der Waals surface area contributed by atoms with E-state index in [2.05, 4.69) is 5.16 Å². The number of hydrogen-bond acceptors (Lipinski definition) is 4. The van der Waals surface area contributed by atoms with Crippen LogP contribution in [0.4, 0.5) is 0 Å². The van der Waals surface area contributed by atoms with E-state index in [4.69, 9.17) is 15.0 Å². The van der Waals surface area contributed by atoms with Crippen LogP contribution in [0.3, 0.4) is 0 Å². The van der Waals surface area contributed by atoms with E-state index in [1.54, 1.807) is 13.3 Å². The van der Waals surface area contributed by atoms with Gasteiger partial charge in [0.05, 0.1) is 13.3 Å². The van der Waals surface area contributed by atoms with Crippen LogP contribution in [0.5, 0.6) is 5.75 Å². The Morgan fingerprint density at radius 2 is 2.12 bits per heavy atom. The van der Waals surface area contributed by atoms with Crippen molar-refractivity contribution in [3.63, 3.8) is 0 Å². The van der Waals surface area contributed by atoms with Crippen LogP contribution in [0.15, 0.2) is 35.0 Å². The molecule has 0 atom stereocenters. The second kappa shape index (κ2) is 4.81. The first-order valence-electron chi connectivity index (χ1n) is 5.14. The number of aromatic nitrogens is 1. The first-order chi connectivity index (χ1) is 7.86. The Morgan fingerprint density at radius 3 is 2.88 bits per heavy atom. The third kappa shape index (κ3) is 1.92. The summed E-state index contributed by atoms with van der Waals surface area (Å²) in [6, 6.07) is 7.77. The van der Waals surface area contributed by atoms with Crippen molar-refractivity contribution in [2.45, 2.75) is 6.42 Å². The molecular formula is C12H14N2O2. The second-order valence-corrected chi connectivity index (χ2v) is 3.40. The molecule has 0 aliphatic heterocycles. The average Bonchev–Trinajstić information content (AvgIpc) is 2.77. The highest BCUT2D eigenvalue weighted by atomic mass is 16.5. The summed E-state index contributed by atoms with van der Waals surface area (Å²) in [6.07, 6.45) is 2.37. The van der Waals surface area contributed by atoms with E-state index >= 15 is 0 Å². The first-order valence-corrected chi connectivity index (χ1v) is 5.14. The van der Waals surface area contributed by atoms with Gasteiger partial charge in [-0.3, -0.25) is 0 Å². The number of ether oxygens (including phenoxy) is 1. The van der Waals surface area contributed by atoms with Crippen molar-refractivity contribution < 1.29 is 9.26 Å². The predicted octanol–water partition coefficient (Wildman–Crippen LogP) is 1.85. The van der Waals surface area contributed by atoms with Crippen LogP contribution < -0.4 is 10.5 Å². The maximum absolute atomic E-state index is 5.52. The summed E-state index contributed by atoms with van der Waals surface area (Å²) < 4.78 is 10.5. The van der Waals surface area contributed by atoms with Gasteiger partial charge in [0.2, 0.25) is 0 Å². The molecule has 1 aromatic heterocycles. The Labute approximate surface area is 94.0 Å². The number of nitrogens with zero attached hydrogens (tertiary/aromatic N) is 1. The predicted molar refractivity (Wildman–Crippen MR) is 61.2 cm³/mol. The highest BCUT2D eigenvalue weighted by molar-refractivity contribution is 5.71. The zero-order chi connectivity index (χ0) is 11.4.